The molecule has 5 heteroatoms. The SMILES string of the molecule is CCC(C)(C)CC(C)(CC)c1ccc(-c2ccc(C(=O)Oc3cc(F)c(C#N)c(F)c3)cc2)cc1. The Balaban J connectivity index is 1.75. The van der Waals surface area contributed by atoms with Gasteiger partial charge in [-0.15, -0.1) is 0 Å². The first-order valence-corrected chi connectivity index (χ1v) is 11.8. The lowest BCUT2D eigenvalue weighted by Gasteiger charge is -2.37. The summed E-state index contributed by atoms with van der Waals surface area (Å²) >= 11 is 0. The second-order valence-corrected chi connectivity index (χ2v) is 10.0. The Kier molecular flexibility index (Phi) is 7.75. The largest absolute Gasteiger partial charge is 0.423 e. The maximum atomic E-state index is 13.8. The molecule has 0 N–H and O–H groups in total. The van der Waals surface area contributed by atoms with Crippen molar-refractivity contribution in [1.82, 2.24) is 0 Å². The predicted octanol–water partition coefficient (Wildman–Crippen LogP) is 8.22. The van der Waals surface area contributed by atoms with E-state index in [4.69, 9.17) is 10.00 Å². The Morgan fingerprint density at radius 2 is 1.40 bits per heavy atom. The molecule has 0 fully saturated rings. The fourth-order valence-electron chi connectivity index (χ4n) is 4.36. The molecule has 0 spiro atoms. The molecule has 3 aromatic carbocycles. The summed E-state index contributed by atoms with van der Waals surface area (Å²) in [4.78, 5) is 12.4. The average molecular weight is 476 g/mol. The van der Waals surface area contributed by atoms with Crippen LogP contribution in [-0.2, 0) is 5.41 Å². The molecule has 0 radical (unpaired) electrons. The van der Waals surface area contributed by atoms with Crippen LogP contribution in [0.2, 0.25) is 0 Å². The number of carbonyl (C=O) groups excluding carboxylic acids is 1. The van der Waals surface area contributed by atoms with Crippen LogP contribution < -0.4 is 4.74 Å². The molecular formula is C30H31F2NO2. The van der Waals surface area contributed by atoms with E-state index in [1.165, 1.54) is 11.6 Å². The van der Waals surface area contributed by atoms with Crippen LogP contribution in [0.5, 0.6) is 5.75 Å². The maximum Gasteiger partial charge on any atom is 0.343 e. The molecule has 1 unspecified atom stereocenters. The van der Waals surface area contributed by atoms with E-state index in [0.717, 1.165) is 42.5 Å². The van der Waals surface area contributed by atoms with Gasteiger partial charge in [-0.3, -0.25) is 0 Å². The van der Waals surface area contributed by atoms with Crippen molar-refractivity contribution in [2.24, 2.45) is 5.41 Å². The Morgan fingerprint density at radius 3 is 1.86 bits per heavy atom. The third-order valence-electron chi connectivity index (χ3n) is 6.98. The van der Waals surface area contributed by atoms with Crippen molar-refractivity contribution in [3.8, 4) is 22.9 Å². The number of hydrogen-bond acceptors (Lipinski definition) is 3. The van der Waals surface area contributed by atoms with Crippen molar-refractivity contribution in [3.05, 3.63) is 89.0 Å². The van der Waals surface area contributed by atoms with E-state index >= 15 is 0 Å². The first kappa shape index (κ1) is 26.1. The van der Waals surface area contributed by atoms with Gasteiger partial charge in [-0.2, -0.15) is 5.26 Å². The molecule has 1 atom stereocenters. The summed E-state index contributed by atoms with van der Waals surface area (Å²) in [5.74, 6) is -3.19. The number of hydrogen-bond donors (Lipinski definition) is 0. The molecule has 0 saturated heterocycles. The highest BCUT2D eigenvalue weighted by Gasteiger charge is 2.31. The second kappa shape index (κ2) is 10.4. The van der Waals surface area contributed by atoms with E-state index in [1.807, 2.05) is 12.1 Å². The van der Waals surface area contributed by atoms with E-state index in [9.17, 15) is 13.6 Å². The molecule has 0 heterocycles. The topological polar surface area (TPSA) is 50.1 Å². The van der Waals surface area contributed by atoms with Crippen LogP contribution in [0.3, 0.4) is 0 Å². The summed E-state index contributed by atoms with van der Waals surface area (Å²) in [6, 6.07) is 18.5. The number of rotatable bonds is 8. The Bertz CT molecular complexity index is 1220. The molecule has 0 aliphatic heterocycles. The minimum atomic E-state index is -1.08. The Labute approximate surface area is 206 Å². The fourth-order valence-corrected chi connectivity index (χ4v) is 4.36. The Hall–Kier alpha value is -3.52. The molecule has 3 nitrogen and oxygen atoms in total. The second-order valence-electron chi connectivity index (χ2n) is 10.0. The van der Waals surface area contributed by atoms with Gasteiger partial charge in [0.05, 0.1) is 5.56 Å². The zero-order valence-electron chi connectivity index (χ0n) is 20.9. The minimum Gasteiger partial charge on any atom is -0.423 e. The third-order valence-corrected chi connectivity index (χ3v) is 6.98. The van der Waals surface area contributed by atoms with Crippen LogP contribution in [0.15, 0.2) is 60.7 Å². The van der Waals surface area contributed by atoms with E-state index < -0.39 is 23.2 Å². The van der Waals surface area contributed by atoms with Gasteiger partial charge in [-0.1, -0.05) is 77.4 Å². The normalized spacial score (nSPS) is 13.1. The van der Waals surface area contributed by atoms with Crippen molar-refractivity contribution in [2.75, 3.05) is 0 Å². The van der Waals surface area contributed by atoms with Gasteiger partial charge in [0.25, 0.3) is 0 Å². The van der Waals surface area contributed by atoms with Gasteiger partial charge >= 0.3 is 5.97 Å². The summed E-state index contributed by atoms with van der Waals surface area (Å²) in [5, 5.41) is 8.75. The molecule has 0 amide bonds. The highest BCUT2D eigenvalue weighted by Crippen LogP contribution is 2.41. The highest BCUT2D eigenvalue weighted by atomic mass is 19.1. The molecule has 0 saturated carbocycles. The number of benzene rings is 3. The van der Waals surface area contributed by atoms with Gasteiger partial charge < -0.3 is 4.74 Å². The molecule has 3 rings (SSSR count). The molecule has 0 aromatic heterocycles. The number of nitrogens with zero attached hydrogens (tertiary/aromatic N) is 1. The molecule has 0 aliphatic rings. The zero-order chi connectivity index (χ0) is 25.8. The van der Waals surface area contributed by atoms with Crippen molar-refractivity contribution < 1.29 is 18.3 Å². The lowest BCUT2D eigenvalue weighted by Crippen LogP contribution is -2.28. The average Bonchev–Trinajstić information content (AvgIpc) is 2.84. The van der Waals surface area contributed by atoms with Crippen LogP contribution in [0.1, 0.15) is 75.4 Å². The molecular weight excluding hydrogens is 444 g/mol. The van der Waals surface area contributed by atoms with Gasteiger partial charge in [0, 0.05) is 12.1 Å². The van der Waals surface area contributed by atoms with Crippen molar-refractivity contribution >= 4 is 5.97 Å². The van der Waals surface area contributed by atoms with E-state index in [1.54, 1.807) is 12.1 Å². The van der Waals surface area contributed by atoms with Gasteiger partial charge in [0.2, 0.25) is 0 Å². The number of nitriles is 1. The lowest BCUT2D eigenvalue weighted by molar-refractivity contribution is 0.0734. The smallest absolute Gasteiger partial charge is 0.343 e. The van der Waals surface area contributed by atoms with Crippen LogP contribution >= 0.6 is 0 Å². The summed E-state index contributed by atoms with van der Waals surface area (Å²) in [7, 11) is 0. The fraction of sp³-hybridized carbons (Fsp3) is 0.333. The van der Waals surface area contributed by atoms with Crippen LogP contribution in [0.25, 0.3) is 11.1 Å². The van der Waals surface area contributed by atoms with Crippen LogP contribution in [-0.4, -0.2) is 5.97 Å². The monoisotopic (exact) mass is 475 g/mol. The highest BCUT2D eigenvalue weighted by molar-refractivity contribution is 5.91. The predicted molar refractivity (Wildman–Crippen MR) is 134 cm³/mol. The van der Waals surface area contributed by atoms with Gasteiger partial charge in [-0.05, 0) is 52.5 Å². The third kappa shape index (κ3) is 5.95. The quantitative estimate of drug-likeness (QED) is 0.244. The summed E-state index contributed by atoms with van der Waals surface area (Å²) in [5.41, 5.74) is 3.17. The Morgan fingerprint density at radius 1 is 0.886 bits per heavy atom. The zero-order valence-corrected chi connectivity index (χ0v) is 20.9. The number of esters is 1. The molecule has 0 bridgehead atoms. The van der Waals surface area contributed by atoms with E-state index in [-0.39, 0.29) is 22.1 Å². The van der Waals surface area contributed by atoms with Crippen molar-refractivity contribution in [2.45, 2.75) is 59.3 Å². The summed E-state index contributed by atoms with van der Waals surface area (Å²) in [6.45, 7) is 11.4. The van der Waals surface area contributed by atoms with Gasteiger partial charge in [-0.25, -0.2) is 13.6 Å². The molecule has 182 valence electrons. The van der Waals surface area contributed by atoms with Crippen LogP contribution in [0, 0.1) is 28.4 Å². The first-order valence-electron chi connectivity index (χ1n) is 11.8. The summed E-state index contributed by atoms with van der Waals surface area (Å²) in [6.07, 6.45) is 3.29. The molecule has 3 aromatic rings. The van der Waals surface area contributed by atoms with E-state index in [2.05, 4.69) is 58.9 Å². The summed E-state index contributed by atoms with van der Waals surface area (Å²) < 4.78 is 32.6. The van der Waals surface area contributed by atoms with Crippen molar-refractivity contribution in [3.63, 3.8) is 0 Å². The first-order chi connectivity index (χ1) is 16.5. The number of carbonyl (C=O) groups is 1. The van der Waals surface area contributed by atoms with Gasteiger partial charge in [0.1, 0.15) is 29.0 Å². The minimum absolute atomic E-state index is 0.0933. The molecule has 0 aliphatic carbocycles. The lowest BCUT2D eigenvalue weighted by atomic mass is 9.68. The number of halogens is 2. The van der Waals surface area contributed by atoms with Crippen molar-refractivity contribution in [1.29, 1.82) is 5.26 Å². The van der Waals surface area contributed by atoms with Gasteiger partial charge in [0.15, 0.2) is 0 Å². The standard InChI is InChI=1S/C30H31F2NO2/c1-6-29(3,4)19-30(5,7-2)23-14-12-21(13-15-23)20-8-10-22(11-9-20)28(34)35-24-16-26(31)25(18-33)27(32)17-24/h8-17H,6-7,19H2,1-5H3. The number of ether oxygens (including phenoxy) is 1. The molecule has 35 heavy (non-hydrogen) atoms. The van der Waals surface area contributed by atoms with Crippen LogP contribution in [0.4, 0.5) is 8.78 Å². The van der Waals surface area contributed by atoms with E-state index in [0.29, 0.717) is 0 Å². The maximum absolute atomic E-state index is 13.8.